The van der Waals surface area contributed by atoms with E-state index < -0.39 is 26.8 Å². The SMILES string of the molecule is Cc1nnc([C@@H](N)CCC(=O)Cc2cc(Cl)cc(S(=O)(=O)O)c2O)o1. The van der Waals surface area contributed by atoms with Crippen molar-refractivity contribution in [3.8, 4) is 5.75 Å². The van der Waals surface area contributed by atoms with Crippen molar-refractivity contribution < 1.29 is 27.3 Å². The molecule has 0 bridgehead atoms. The monoisotopic (exact) mass is 389 g/mol. The Balaban J connectivity index is 2.07. The number of phenolic OH excluding ortho intramolecular Hbond substituents is 1. The number of nitrogens with two attached hydrogens (primary N) is 1. The molecule has 0 amide bonds. The Morgan fingerprint density at radius 3 is 2.64 bits per heavy atom. The number of phenols is 1. The molecular formula is C14H16ClN3O6S. The topological polar surface area (TPSA) is 157 Å². The lowest BCUT2D eigenvalue weighted by atomic mass is 10.0. The van der Waals surface area contributed by atoms with Crippen LogP contribution in [0.2, 0.25) is 5.02 Å². The maximum absolute atomic E-state index is 12.1. The minimum absolute atomic E-state index is 0.00710. The van der Waals surface area contributed by atoms with Crippen molar-refractivity contribution in [2.45, 2.75) is 37.1 Å². The van der Waals surface area contributed by atoms with Crippen LogP contribution in [0.1, 0.15) is 36.2 Å². The van der Waals surface area contributed by atoms with E-state index in [1.165, 1.54) is 6.07 Å². The van der Waals surface area contributed by atoms with E-state index in [0.717, 1.165) is 6.07 Å². The Bertz CT molecular complexity index is 896. The van der Waals surface area contributed by atoms with Crippen LogP contribution in [0.5, 0.6) is 5.75 Å². The quantitative estimate of drug-likeness (QED) is 0.597. The molecule has 11 heteroatoms. The van der Waals surface area contributed by atoms with Gasteiger partial charge in [0.1, 0.15) is 16.4 Å². The standard InChI is InChI=1S/C14H16ClN3O6S/c1-7-17-18-14(24-7)11(16)3-2-10(19)5-8-4-9(15)6-12(13(8)20)25(21,22)23/h4,6,11,20H,2-3,5,16H2,1H3,(H,21,22,23)/t11-/m0/s1. The second-order valence-electron chi connectivity index (χ2n) is 5.41. The fraction of sp³-hybridized carbons (Fsp3) is 0.357. The zero-order valence-corrected chi connectivity index (χ0v) is 14.7. The van der Waals surface area contributed by atoms with Crippen molar-refractivity contribution in [2.24, 2.45) is 5.73 Å². The van der Waals surface area contributed by atoms with Gasteiger partial charge in [0.15, 0.2) is 0 Å². The van der Waals surface area contributed by atoms with E-state index in [9.17, 15) is 18.3 Å². The van der Waals surface area contributed by atoms with Crippen molar-refractivity contribution in [1.29, 1.82) is 0 Å². The molecule has 0 aliphatic rings. The summed E-state index contributed by atoms with van der Waals surface area (Å²) in [6.07, 6.45) is -0.00675. The fourth-order valence-corrected chi connectivity index (χ4v) is 3.12. The number of hydrogen-bond acceptors (Lipinski definition) is 8. The first kappa shape index (κ1) is 19.3. The number of rotatable bonds is 7. The van der Waals surface area contributed by atoms with Crippen molar-refractivity contribution in [3.05, 3.63) is 34.5 Å². The minimum Gasteiger partial charge on any atom is -0.506 e. The van der Waals surface area contributed by atoms with Crippen molar-refractivity contribution in [3.63, 3.8) is 0 Å². The summed E-state index contributed by atoms with van der Waals surface area (Å²) >= 11 is 5.78. The predicted octanol–water partition coefficient (Wildman–Crippen LogP) is 1.58. The Labute approximate surface area is 148 Å². The molecule has 0 unspecified atom stereocenters. The molecule has 0 radical (unpaired) electrons. The summed E-state index contributed by atoms with van der Waals surface area (Å²) in [5, 5.41) is 17.3. The van der Waals surface area contributed by atoms with Gasteiger partial charge in [0, 0.05) is 30.4 Å². The molecule has 136 valence electrons. The zero-order chi connectivity index (χ0) is 18.8. The first-order valence-electron chi connectivity index (χ1n) is 7.14. The van der Waals surface area contributed by atoms with Gasteiger partial charge in [0.2, 0.25) is 11.8 Å². The molecule has 0 spiro atoms. The van der Waals surface area contributed by atoms with Crippen LogP contribution in [0, 0.1) is 6.92 Å². The van der Waals surface area contributed by atoms with Crippen molar-refractivity contribution in [1.82, 2.24) is 10.2 Å². The second-order valence-corrected chi connectivity index (χ2v) is 7.23. The van der Waals surface area contributed by atoms with Gasteiger partial charge in [-0.3, -0.25) is 9.35 Å². The summed E-state index contributed by atoms with van der Waals surface area (Å²) in [7, 11) is -4.67. The third-order valence-corrected chi connectivity index (χ3v) is 4.46. The van der Waals surface area contributed by atoms with Crippen LogP contribution in [0.25, 0.3) is 0 Å². The number of ketones is 1. The number of nitrogens with zero attached hydrogens (tertiary/aromatic N) is 2. The maximum atomic E-state index is 12.1. The van der Waals surface area contributed by atoms with Crippen LogP contribution in [0.4, 0.5) is 0 Å². The highest BCUT2D eigenvalue weighted by atomic mass is 35.5. The Morgan fingerprint density at radius 2 is 2.08 bits per heavy atom. The summed E-state index contributed by atoms with van der Waals surface area (Å²) < 4.78 is 36.7. The average Bonchev–Trinajstić information content (AvgIpc) is 2.93. The molecule has 0 saturated carbocycles. The van der Waals surface area contributed by atoms with Gasteiger partial charge in [-0.15, -0.1) is 10.2 Å². The van der Waals surface area contributed by atoms with Crippen LogP contribution in [0.15, 0.2) is 21.4 Å². The number of carbonyl (C=O) groups excluding carboxylic acids is 1. The van der Waals surface area contributed by atoms with Crippen LogP contribution < -0.4 is 5.73 Å². The van der Waals surface area contributed by atoms with Gasteiger partial charge in [-0.2, -0.15) is 8.42 Å². The lowest BCUT2D eigenvalue weighted by molar-refractivity contribution is -0.118. The molecule has 0 aliphatic heterocycles. The fourth-order valence-electron chi connectivity index (χ4n) is 2.16. The van der Waals surface area contributed by atoms with Crippen molar-refractivity contribution in [2.75, 3.05) is 0 Å². The molecule has 9 nitrogen and oxygen atoms in total. The lowest BCUT2D eigenvalue weighted by Crippen LogP contribution is -2.14. The normalized spacial score (nSPS) is 13.0. The average molecular weight is 390 g/mol. The van der Waals surface area contributed by atoms with Crippen LogP contribution in [-0.4, -0.2) is 34.1 Å². The Hall–Kier alpha value is -2.01. The third kappa shape index (κ3) is 4.98. The van der Waals surface area contributed by atoms with E-state index >= 15 is 0 Å². The van der Waals surface area contributed by atoms with Gasteiger partial charge in [-0.25, -0.2) is 0 Å². The van der Waals surface area contributed by atoms with Crippen LogP contribution in [0.3, 0.4) is 0 Å². The van der Waals surface area contributed by atoms with E-state index in [4.69, 9.17) is 26.3 Å². The summed E-state index contributed by atoms with van der Waals surface area (Å²) in [6.45, 7) is 1.61. The number of Topliss-reactive ketones (excluding diaryl/α,β-unsaturated/α-hetero) is 1. The molecule has 1 aromatic heterocycles. The molecule has 1 aromatic carbocycles. The largest absolute Gasteiger partial charge is 0.506 e. The molecule has 0 fully saturated rings. The molecule has 0 aliphatic carbocycles. The molecule has 1 atom stereocenters. The molecule has 0 saturated heterocycles. The maximum Gasteiger partial charge on any atom is 0.298 e. The van der Waals surface area contributed by atoms with E-state index in [1.54, 1.807) is 6.92 Å². The van der Waals surface area contributed by atoms with E-state index in [-0.39, 0.29) is 41.5 Å². The Morgan fingerprint density at radius 1 is 1.40 bits per heavy atom. The molecule has 1 heterocycles. The number of benzene rings is 1. The highest BCUT2D eigenvalue weighted by molar-refractivity contribution is 7.86. The number of aryl methyl sites for hydroxylation is 1. The second kappa shape index (κ2) is 7.48. The number of hydrogen-bond donors (Lipinski definition) is 3. The summed E-state index contributed by atoms with van der Waals surface area (Å²) in [6, 6.07) is 1.53. The van der Waals surface area contributed by atoms with Gasteiger partial charge < -0.3 is 15.3 Å². The van der Waals surface area contributed by atoms with Gasteiger partial charge in [-0.1, -0.05) is 11.6 Å². The van der Waals surface area contributed by atoms with E-state index in [1.807, 2.05) is 0 Å². The first-order valence-corrected chi connectivity index (χ1v) is 8.96. The number of aromatic nitrogens is 2. The van der Waals surface area contributed by atoms with Gasteiger partial charge >= 0.3 is 0 Å². The molecule has 4 N–H and O–H groups in total. The highest BCUT2D eigenvalue weighted by Gasteiger charge is 2.21. The van der Waals surface area contributed by atoms with E-state index in [2.05, 4.69) is 10.2 Å². The number of carbonyl (C=O) groups is 1. The van der Waals surface area contributed by atoms with Crippen LogP contribution in [-0.2, 0) is 21.3 Å². The smallest absolute Gasteiger partial charge is 0.298 e. The van der Waals surface area contributed by atoms with Gasteiger partial charge in [0.25, 0.3) is 10.1 Å². The van der Waals surface area contributed by atoms with E-state index in [0.29, 0.717) is 5.89 Å². The number of aromatic hydroxyl groups is 1. The van der Waals surface area contributed by atoms with Gasteiger partial charge in [-0.05, 0) is 18.6 Å². The molecular weight excluding hydrogens is 374 g/mol. The summed E-state index contributed by atoms with van der Waals surface area (Å²) in [4.78, 5) is 11.3. The molecule has 2 rings (SSSR count). The summed E-state index contributed by atoms with van der Waals surface area (Å²) in [5.41, 5.74) is 5.85. The number of halogens is 1. The van der Waals surface area contributed by atoms with Crippen LogP contribution >= 0.6 is 11.6 Å². The lowest BCUT2D eigenvalue weighted by Gasteiger charge is -2.10. The minimum atomic E-state index is -4.67. The first-order chi connectivity index (χ1) is 11.6. The third-order valence-electron chi connectivity index (χ3n) is 3.38. The highest BCUT2D eigenvalue weighted by Crippen LogP contribution is 2.31. The summed E-state index contributed by atoms with van der Waals surface area (Å²) in [5.74, 6) is -0.453. The van der Waals surface area contributed by atoms with Crippen molar-refractivity contribution >= 4 is 27.5 Å². The van der Waals surface area contributed by atoms with Gasteiger partial charge in [0.05, 0.1) is 6.04 Å². The molecule has 2 aromatic rings. The Kier molecular flexibility index (Phi) is 5.78. The molecule has 25 heavy (non-hydrogen) atoms. The zero-order valence-electron chi connectivity index (χ0n) is 13.1. The predicted molar refractivity (Wildman–Crippen MR) is 86.8 cm³/mol.